The number of aromatic amines is 1. The third-order valence-electron chi connectivity index (χ3n) is 3.29. The molecule has 3 aromatic rings. The molecule has 1 amide bonds. The van der Waals surface area contributed by atoms with Gasteiger partial charge in [0.25, 0.3) is 5.56 Å². The summed E-state index contributed by atoms with van der Waals surface area (Å²) in [6.45, 7) is 3.67. The lowest BCUT2D eigenvalue weighted by molar-refractivity contribution is -0.115. The van der Waals surface area contributed by atoms with Crippen LogP contribution in [0.25, 0.3) is 10.2 Å². The van der Waals surface area contributed by atoms with Crippen LogP contribution in [0.3, 0.4) is 0 Å². The molecule has 3 rings (SSSR count). The molecule has 6 nitrogen and oxygen atoms in total. The third kappa shape index (κ3) is 3.82. The summed E-state index contributed by atoms with van der Waals surface area (Å²) in [6.07, 6.45) is 0.610. The van der Waals surface area contributed by atoms with Crippen LogP contribution < -0.4 is 10.9 Å². The van der Waals surface area contributed by atoms with E-state index in [0.717, 1.165) is 10.2 Å². The lowest BCUT2D eigenvalue weighted by atomic mass is 10.3. The van der Waals surface area contributed by atoms with Crippen molar-refractivity contribution in [2.24, 2.45) is 0 Å². The highest BCUT2D eigenvalue weighted by Crippen LogP contribution is 2.27. The van der Waals surface area contributed by atoms with Crippen LogP contribution in [0.5, 0.6) is 0 Å². The molecule has 2 heterocycles. The zero-order valence-corrected chi connectivity index (χ0v) is 14.8. The molecule has 0 bridgehead atoms. The predicted octanol–water partition coefficient (Wildman–Crippen LogP) is 3.20. The molecule has 1 unspecified atom stereocenters. The van der Waals surface area contributed by atoms with Gasteiger partial charge in [-0.1, -0.05) is 42.2 Å². The molecular weight excluding hydrogens is 344 g/mol. The molecule has 1 atom stereocenters. The fourth-order valence-electron chi connectivity index (χ4n) is 2.18. The van der Waals surface area contributed by atoms with Gasteiger partial charge in [0.15, 0.2) is 10.3 Å². The number of carbonyl (C=O) groups excluding carboxylic acids is 1. The first-order valence-electron chi connectivity index (χ1n) is 7.46. The zero-order valence-electron chi connectivity index (χ0n) is 13.2. The molecule has 0 radical (unpaired) electrons. The Balaban J connectivity index is 1.74. The Kier molecular flexibility index (Phi) is 4.96. The number of aryl methyl sites for hydroxylation is 1. The Morgan fingerprint density at radius 2 is 2.17 bits per heavy atom. The second-order valence-corrected chi connectivity index (χ2v) is 7.40. The first-order valence-corrected chi connectivity index (χ1v) is 9.16. The van der Waals surface area contributed by atoms with Gasteiger partial charge in [0.2, 0.25) is 5.91 Å². The zero-order chi connectivity index (χ0) is 17.1. The summed E-state index contributed by atoms with van der Waals surface area (Å²) in [7, 11) is 0. The molecule has 2 aromatic heterocycles. The van der Waals surface area contributed by atoms with E-state index in [1.54, 1.807) is 6.92 Å². The van der Waals surface area contributed by atoms with Crippen molar-refractivity contribution in [3.63, 3.8) is 0 Å². The Labute approximate surface area is 146 Å². The molecule has 0 saturated carbocycles. The average Bonchev–Trinajstić information content (AvgIpc) is 2.93. The first-order chi connectivity index (χ1) is 11.5. The quantitative estimate of drug-likeness (QED) is 0.539. The number of rotatable bonds is 5. The molecule has 0 saturated heterocycles. The molecule has 2 N–H and O–H groups in total. The number of thioether (sulfide) groups is 1. The average molecular weight is 360 g/mol. The topological polar surface area (TPSA) is 87.7 Å². The van der Waals surface area contributed by atoms with Gasteiger partial charge in [0.1, 0.15) is 0 Å². The van der Waals surface area contributed by atoms with E-state index in [2.05, 4.69) is 20.3 Å². The van der Waals surface area contributed by atoms with E-state index in [1.807, 2.05) is 31.2 Å². The van der Waals surface area contributed by atoms with E-state index in [0.29, 0.717) is 22.4 Å². The maximum atomic E-state index is 12.5. The summed E-state index contributed by atoms with van der Waals surface area (Å²) < 4.78 is 1.03. The molecule has 0 aliphatic rings. The SMILES string of the molecule is CCC(Sc1nc(C)cc(=O)[nH]1)C(=O)Nc1nc2ccccc2s1. The predicted molar refractivity (Wildman–Crippen MR) is 97.8 cm³/mol. The summed E-state index contributed by atoms with van der Waals surface area (Å²) >= 11 is 2.69. The molecule has 8 heteroatoms. The van der Waals surface area contributed by atoms with E-state index >= 15 is 0 Å². The van der Waals surface area contributed by atoms with E-state index in [4.69, 9.17) is 0 Å². The molecule has 0 fully saturated rings. The number of fused-ring (bicyclic) bond motifs is 1. The standard InChI is InChI=1S/C16H16N4O2S2/c1-3-11(23-15-17-9(2)8-13(21)19-15)14(22)20-16-18-10-6-4-5-7-12(10)24-16/h4-8,11H,3H2,1-2H3,(H,17,19,21)(H,18,20,22). The summed E-state index contributed by atoms with van der Waals surface area (Å²) in [5.74, 6) is -0.147. The number of benzene rings is 1. The van der Waals surface area contributed by atoms with Crippen LogP contribution >= 0.6 is 23.1 Å². The van der Waals surface area contributed by atoms with Gasteiger partial charge >= 0.3 is 0 Å². The second-order valence-electron chi connectivity index (χ2n) is 5.18. The number of nitrogens with one attached hydrogen (secondary N) is 2. The minimum Gasteiger partial charge on any atom is -0.301 e. The van der Waals surface area contributed by atoms with Crippen molar-refractivity contribution in [2.45, 2.75) is 30.7 Å². The number of nitrogens with zero attached hydrogens (tertiary/aromatic N) is 2. The molecule has 124 valence electrons. The van der Waals surface area contributed by atoms with Crippen LogP contribution in [-0.4, -0.2) is 26.1 Å². The van der Waals surface area contributed by atoms with E-state index < -0.39 is 0 Å². The largest absolute Gasteiger partial charge is 0.301 e. The highest BCUT2D eigenvalue weighted by atomic mass is 32.2. The van der Waals surface area contributed by atoms with Gasteiger partial charge in [-0.3, -0.25) is 9.59 Å². The third-order valence-corrected chi connectivity index (χ3v) is 5.49. The van der Waals surface area contributed by atoms with Gasteiger partial charge in [-0.25, -0.2) is 9.97 Å². The highest BCUT2D eigenvalue weighted by molar-refractivity contribution is 8.00. The molecule has 0 aliphatic carbocycles. The number of hydrogen-bond acceptors (Lipinski definition) is 6. The Hall–Kier alpha value is -2.19. The smallest absolute Gasteiger partial charge is 0.251 e. The normalized spacial score (nSPS) is 12.2. The molecular formula is C16H16N4O2S2. The van der Waals surface area contributed by atoms with Gasteiger partial charge in [0, 0.05) is 11.8 Å². The first kappa shape index (κ1) is 16.7. The summed E-state index contributed by atoms with van der Waals surface area (Å²) in [5, 5.41) is 3.53. The lowest BCUT2D eigenvalue weighted by Gasteiger charge is -2.12. The van der Waals surface area contributed by atoms with E-state index in [-0.39, 0.29) is 16.7 Å². The van der Waals surface area contributed by atoms with Gasteiger partial charge in [0.05, 0.1) is 15.5 Å². The fraction of sp³-hybridized carbons (Fsp3) is 0.250. The number of anilines is 1. The monoisotopic (exact) mass is 360 g/mol. The molecule has 0 spiro atoms. The lowest BCUT2D eigenvalue weighted by Crippen LogP contribution is -2.25. The fourth-order valence-corrected chi connectivity index (χ4v) is 4.00. The number of para-hydroxylation sites is 1. The van der Waals surface area contributed by atoms with Crippen LogP contribution in [-0.2, 0) is 4.79 Å². The number of aromatic nitrogens is 3. The van der Waals surface area contributed by atoms with Gasteiger partial charge in [-0.2, -0.15) is 0 Å². The number of carbonyl (C=O) groups is 1. The van der Waals surface area contributed by atoms with Gasteiger partial charge in [-0.05, 0) is 25.5 Å². The van der Waals surface area contributed by atoms with Crippen molar-refractivity contribution in [1.29, 1.82) is 0 Å². The summed E-state index contributed by atoms with van der Waals surface area (Å²) in [4.78, 5) is 35.4. The second kappa shape index (κ2) is 7.14. The van der Waals surface area contributed by atoms with Crippen molar-refractivity contribution < 1.29 is 4.79 Å². The Morgan fingerprint density at radius 3 is 2.88 bits per heavy atom. The van der Waals surface area contributed by atoms with Crippen molar-refractivity contribution in [2.75, 3.05) is 5.32 Å². The maximum Gasteiger partial charge on any atom is 0.251 e. The maximum absolute atomic E-state index is 12.5. The number of H-pyrrole nitrogens is 1. The number of thiazole rings is 1. The van der Waals surface area contributed by atoms with Crippen LogP contribution in [0, 0.1) is 6.92 Å². The van der Waals surface area contributed by atoms with Crippen molar-refractivity contribution in [1.82, 2.24) is 15.0 Å². The van der Waals surface area contributed by atoms with Crippen molar-refractivity contribution >= 4 is 44.4 Å². The van der Waals surface area contributed by atoms with Crippen LogP contribution in [0.1, 0.15) is 19.0 Å². The van der Waals surface area contributed by atoms with E-state index in [1.165, 1.54) is 29.2 Å². The van der Waals surface area contributed by atoms with Crippen molar-refractivity contribution in [3.8, 4) is 0 Å². The molecule has 0 aliphatic heterocycles. The minimum atomic E-state index is -0.359. The number of hydrogen-bond donors (Lipinski definition) is 2. The van der Waals surface area contributed by atoms with Gasteiger partial charge < -0.3 is 10.3 Å². The Bertz CT molecular complexity index is 902. The summed E-state index contributed by atoms with van der Waals surface area (Å²) in [5.41, 5.74) is 1.28. The van der Waals surface area contributed by atoms with Crippen LogP contribution in [0.2, 0.25) is 0 Å². The minimum absolute atomic E-state index is 0.147. The van der Waals surface area contributed by atoms with Crippen molar-refractivity contribution in [3.05, 3.63) is 46.4 Å². The molecule has 1 aromatic carbocycles. The molecule has 24 heavy (non-hydrogen) atoms. The van der Waals surface area contributed by atoms with Crippen LogP contribution in [0.15, 0.2) is 40.3 Å². The Morgan fingerprint density at radius 1 is 1.38 bits per heavy atom. The highest BCUT2D eigenvalue weighted by Gasteiger charge is 2.20. The summed E-state index contributed by atoms with van der Waals surface area (Å²) in [6, 6.07) is 9.16. The van der Waals surface area contributed by atoms with Crippen LogP contribution in [0.4, 0.5) is 5.13 Å². The van der Waals surface area contributed by atoms with Gasteiger partial charge in [-0.15, -0.1) is 0 Å². The van der Waals surface area contributed by atoms with E-state index in [9.17, 15) is 9.59 Å². The number of amides is 1.